The maximum absolute atomic E-state index is 12.4. The first-order valence-corrected chi connectivity index (χ1v) is 8.55. The molecule has 0 bridgehead atoms. The van der Waals surface area contributed by atoms with Crippen molar-refractivity contribution in [1.29, 1.82) is 0 Å². The fourth-order valence-electron chi connectivity index (χ4n) is 2.45. The van der Waals surface area contributed by atoms with Gasteiger partial charge in [0.05, 0.1) is 17.5 Å². The molecule has 0 atom stereocenters. The quantitative estimate of drug-likeness (QED) is 0.621. The van der Waals surface area contributed by atoms with Crippen molar-refractivity contribution >= 4 is 29.4 Å². The molecule has 6 nitrogen and oxygen atoms in total. The van der Waals surface area contributed by atoms with E-state index in [1.54, 1.807) is 30.5 Å². The van der Waals surface area contributed by atoms with Crippen molar-refractivity contribution in [2.75, 3.05) is 24.3 Å². The van der Waals surface area contributed by atoms with Crippen LogP contribution in [0.2, 0.25) is 0 Å². The van der Waals surface area contributed by atoms with Gasteiger partial charge in [-0.3, -0.25) is 9.59 Å². The first-order chi connectivity index (χ1) is 12.5. The van der Waals surface area contributed by atoms with Crippen LogP contribution in [-0.2, 0) is 4.79 Å². The number of carbonyl (C=O) groups is 2. The van der Waals surface area contributed by atoms with Crippen molar-refractivity contribution in [1.82, 2.24) is 5.43 Å². The predicted molar refractivity (Wildman–Crippen MR) is 104 cm³/mol. The molecule has 0 heterocycles. The third kappa shape index (κ3) is 4.47. The molecule has 0 saturated heterocycles. The second-order valence-corrected chi connectivity index (χ2v) is 6.49. The van der Waals surface area contributed by atoms with Crippen LogP contribution in [0.25, 0.3) is 0 Å². The van der Waals surface area contributed by atoms with E-state index in [1.165, 1.54) is 0 Å². The molecule has 0 unspecified atom stereocenters. The average molecular weight is 350 g/mol. The van der Waals surface area contributed by atoms with Crippen molar-refractivity contribution in [2.24, 2.45) is 11.0 Å². The van der Waals surface area contributed by atoms with Gasteiger partial charge < -0.3 is 10.2 Å². The van der Waals surface area contributed by atoms with Crippen molar-refractivity contribution in [2.45, 2.75) is 12.8 Å². The Morgan fingerprint density at radius 3 is 2.42 bits per heavy atom. The number of nitrogens with one attached hydrogen (secondary N) is 2. The Kier molecular flexibility index (Phi) is 5.31. The zero-order valence-corrected chi connectivity index (χ0v) is 14.9. The van der Waals surface area contributed by atoms with Crippen LogP contribution in [-0.4, -0.2) is 32.1 Å². The average Bonchev–Trinajstić information content (AvgIpc) is 3.47. The number of carbonyl (C=O) groups excluding carboxylic acids is 2. The van der Waals surface area contributed by atoms with Gasteiger partial charge in [-0.05, 0) is 42.7 Å². The Morgan fingerprint density at radius 2 is 1.77 bits per heavy atom. The molecule has 1 aliphatic rings. The van der Waals surface area contributed by atoms with Gasteiger partial charge in [0.2, 0.25) is 5.91 Å². The molecule has 1 saturated carbocycles. The minimum atomic E-state index is -0.363. The normalized spacial score (nSPS) is 13.5. The third-order valence-electron chi connectivity index (χ3n) is 4.17. The van der Waals surface area contributed by atoms with E-state index < -0.39 is 0 Å². The summed E-state index contributed by atoms with van der Waals surface area (Å²) in [6, 6.07) is 14.7. The van der Waals surface area contributed by atoms with E-state index in [-0.39, 0.29) is 17.7 Å². The molecule has 3 rings (SSSR count). The highest BCUT2D eigenvalue weighted by atomic mass is 16.2. The van der Waals surface area contributed by atoms with Gasteiger partial charge in [0.15, 0.2) is 0 Å². The molecule has 0 aromatic heterocycles. The highest BCUT2D eigenvalue weighted by Crippen LogP contribution is 2.30. The van der Waals surface area contributed by atoms with Gasteiger partial charge in [-0.15, -0.1) is 0 Å². The first kappa shape index (κ1) is 17.7. The van der Waals surface area contributed by atoms with E-state index in [0.29, 0.717) is 11.3 Å². The molecule has 6 heteroatoms. The summed E-state index contributed by atoms with van der Waals surface area (Å²) in [6.45, 7) is 0. The first-order valence-electron chi connectivity index (χ1n) is 8.55. The Bertz CT molecular complexity index is 824. The van der Waals surface area contributed by atoms with E-state index in [1.807, 2.05) is 43.3 Å². The number of para-hydroxylation sites is 1. The number of nitrogens with zero attached hydrogens (tertiary/aromatic N) is 2. The van der Waals surface area contributed by atoms with E-state index in [2.05, 4.69) is 15.8 Å². The van der Waals surface area contributed by atoms with Crippen LogP contribution in [0.3, 0.4) is 0 Å². The van der Waals surface area contributed by atoms with Gasteiger partial charge in [0.1, 0.15) is 0 Å². The summed E-state index contributed by atoms with van der Waals surface area (Å²) in [6.07, 6.45) is 3.41. The molecule has 2 aromatic carbocycles. The molecule has 2 aromatic rings. The molecule has 1 fully saturated rings. The highest BCUT2D eigenvalue weighted by molar-refractivity contribution is 6.04. The molecule has 2 N–H and O–H groups in total. The number of hydrogen-bond acceptors (Lipinski definition) is 4. The molecule has 0 aliphatic heterocycles. The summed E-state index contributed by atoms with van der Waals surface area (Å²) in [4.78, 5) is 26.3. The fraction of sp³-hybridized carbons (Fsp3) is 0.250. The van der Waals surface area contributed by atoms with Crippen LogP contribution < -0.4 is 15.6 Å². The lowest BCUT2D eigenvalue weighted by Crippen LogP contribution is -2.21. The van der Waals surface area contributed by atoms with Crippen LogP contribution in [0.5, 0.6) is 0 Å². The Morgan fingerprint density at radius 1 is 1.08 bits per heavy atom. The van der Waals surface area contributed by atoms with Crippen LogP contribution >= 0.6 is 0 Å². The number of amides is 2. The summed E-state index contributed by atoms with van der Waals surface area (Å²) in [7, 11) is 3.95. The molecule has 0 radical (unpaired) electrons. The van der Waals surface area contributed by atoms with Crippen molar-refractivity contribution in [3.63, 3.8) is 0 Å². The zero-order valence-electron chi connectivity index (χ0n) is 14.9. The Labute approximate surface area is 152 Å². The summed E-state index contributed by atoms with van der Waals surface area (Å²) in [5.74, 6) is -0.318. The predicted octanol–water partition coefficient (Wildman–Crippen LogP) is 2.87. The second kappa shape index (κ2) is 7.82. The molecule has 134 valence electrons. The van der Waals surface area contributed by atoms with E-state index in [0.717, 1.165) is 24.1 Å². The van der Waals surface area contributed by atoms with E-state index >= 15 is 0 Å². The van der Waals surface area contributed by atoms with Gasteiger partial charge in [-0.2, -0.15) is 5.10 Å². The summed E-state index contributed by atoms with van der Waals surface area (Å²) < 4.78 is 0. The van der Waals surface area contributed by atoms with Gasteiger partial charge in [0, 0.05) is 25.7 Å². The molecular weight excluding hydrogens is 328 g/mol. The maximum Gasteiger partial charge on any atom is 0.273 e. The maximum atomic E-state index is 12.4. The zero-order chi connectivity index (χ0) is 18.5. The molecule has 1 aliphatic carbocycles. The summed E-state index contributed by atoms with van der Waals surface area (Å²) in [5, 5.41) is 6.83. The fourth-order valence-corrected chi connectivity index (χ4v) is 2.45. The number of hydrogen-bond donors (Lipinski definition) is 2. The lowest BCUT2D eigenvalue weighted by molar-refractivity contribution is -0.117. The molecule has 0 spiro atoms. The third-order valence-corrected chi connectivity index (χ3v) is 4.17. The Hall–Kier alpha value is -3.15. The van der Waals surface area contributed by atoms with Gasteiger partial charge in [-0.1, -0.05) is 24.3 Å². The van der Waals surface area contributed by atoms with Crippen LogP contribution in [0.1, 0.15) is 28.8 Å². The van der Waals surface area contributed by atoms with Gasteiger partial charge >= 0.3 is 0 Å². The number of anilines is 2. The standard InChI is InChI=1S/C20H22N4O2/c1-24(2)16-11-7-14(8-12-16)13-21-23-20(26)17-5-3-4-6-18(17)22-19(25)15-9-10-15/h3-8,11-13,15H,9-10H2,1-2H3,(H,22,25)(H,23,26)/b21-13-. The van der Waals surface area contributed by atoms with Crippen molar-refractivity contribution in [3.05, 3.63) is 59.7 Å². The summed E-state index contributed by atoms with van der Waals surface area (Å²) in [5.41, 5.74) is 5.38. The summed E-state index contributed by atoms with van der Waals surface area (Å²) >= 11 is 0. The molecular formula is C20H22N4O2. The largest absolute Gasteiger partial charge is 0.378 e. The number of hydrazone groups is 1. The minimum absolute atomic E-state index is 0.0327. The van der Waals surface area contributed by atoms with E-state index in [9.17, 15) is 9.59 Å². The van der Waals surface area contributed by atoms with Gasteiger partial charge in [-0.25, -0.2) is 5.43 Å². The van der Waals surface area contributed by atoms with Crippen LogP contribution in [0.4, 0.5) is 11.4 Å². The van der Waals surface area contributed by atoms with Crippen LogP contribution in [0, 0.1) is 5.92 Å². The highest BCUT2D eigenvalue weighted by Gasteiger charge is 2.30. The number of rotatable bonds is 6. The van der Waals surface area contributed by atoms with E-state index in [4.69, 9.17) is 0 Å². The SMILES string of the molecule is CN(C)c1ccc(/C=N\NC(=O)c2ccccc2NC(=O)C2CC2)cc1. The number of benzene rings is 2. The molecule has 26 heavy (non-hydrogen) atoms. The topological polar surface area (TPSA) is 73.8 Å². The molecule has 2 amide bonds. The lowest BCUT2D eigenvalue weighted by Gasteiger charge is -2.11. The lowest BCUT2D eigenvalue weighted by atomic mass is 10.1. The smallest absolute Gasteiger partial charge is 0.273 e. The minimum Gasteiger partial charge on any atom is -0.378 e. The van der Waals surface area contributed by atoms with Crippen molar-refractivity contribution < 1.29 is 9.59 Å². The second-order valence-electron chi connectivity index (χ2n) is 6.49. The van der Waals surface area contributed by atoms with Gasteiger partial charge in [0.25, 0.3) is 5.91 Å². The van der Waals surface area contributed by atoms with Crippen LogP contribution in [0.15, 0.2) is 53.6 Å². The monoisotopic (exact) mass is 350 g/mol. The Balaban J connectivity index is 1.63. The van der Waals surface area contributed by atoms with Crippen molar-refractivity contribution in [3.8, 4) is 0 Å².